The molecule has 0 saturated carbocycles. The first-order chi connectivity index (χ1) is 13.7. The van der Waals surface area contributed by atoms with Gasteiger partial charge < -0.3 is 10.6 Å². The van der Waals surface area contributed by atoms with E-state index in [1.54, 1.807) is 10.9 Å². The van der Waals surface area contributed by atoms with Crippen LogP contribution in [0, 0.1) is 6.92 Å². The van der Waals surface area contributed by atoms with Crippen LogP contribution in [0.4, 0.5) is 16.2 Å². The number of tetrazole rings is 1. The number of rotatable bonds is 5. The van der Waals surface area contributed by atoms with Gasteiger partial charge in [-0.3, -0.25) is 0 Å². The zero-order valence-electron chi connectivity index (χ0n) is 15.0. The number of amides is 2. The first-order valence-electron chi connectivity index (χ1n) is 8.54. The predicted octanol–water partition coefficient (Wildman–Crippen LogP) is 2.32. The Morgan fingerprint density at radius 2 is 1.93 bits per heavy atom. The molecule has 140 valence electrons. The molecule has 0 atom stereocenters. The van der Waals surface area contributed by atoms with Crippen molar-refractivity contribution in [3.63, 3.8) is 0 Å². The van der Waals surface area contributed by atoms with Crippen molar-refractivity contribution in [2.75, 3.05) is 10.6 Å². The van der Waals surface area contributed by atoms with Crippen LogP contribution >= 0.6 is 0 Å². The number of benzene rings is 2. The molecule has 0 aliphatic heterocycles. The Bertz CT molecular complexity index is 1070. The minimum Gasteiger partial charge on any atom is -0.308 e. The third-order valence-electron chi connectivity index (χ3n) is 4.03. The smallest absolute Gasteiger partial charge is 0.308 e. The van der Waals surface area contributed by atoms with Gasteiger partial charge in [0.1, 0.15) is 0 Å². The van der Waals surface area contributed by atoms with Crippen molar-refractivity contribution in [2.24, 2.45) is 0 Å². The maximum absolute atomic E-state index is 12.3. The van der Waals surface area contributed by atoms with Gasteiger partial charge in [-0.05, 0) is 48.9 Å². The van der Waals surface area contributed by atoms with Gasteiger partial charge in [-0.1, -0.05) is 22.6 Å². The van der Waals surface area contributed by atoms with Crippen LogP contribution in [0.3, 0.4) is 0 Å². The fraction of sp³-hybridized carbons (Fsp3) is 0.111. The van der Waals surface area contributed by atoms with Gasteiger partial charge >= 0.3 is 6.03 Å². The van der Waals surface area contributed by atoms with E-state index in [0.29, 0.717) is 23.6 Å². The van der Waals surface area contributed by atoms with E-state index in [1.165, 1.54) is 0 Å². The largest absolute Gasteiger partial charge is 0.323 e. The Hall–Kier alpha value is -4.08. The molecule has 2 aromatic carbocycles. The summed E-state index contributed by atoms with van der Waals surface area (Å²) in [5.41, 5.74) is 4.11. The van der Waals surface area contributed by atoms with Crippen LogP contribution in [0.25, 0.3) is 5.69 Å². The van der Waals surface area contributed by atoms with Gasteiger partial charge in [-0.15, -0.1) is 15.3 Å². The molecule has 2 amide bonds. The van der Waals surface area contributed by atoms with Crippen LogP contribution in [-0.2, 0) is 6.42 Å². The molecule has 0 bridgehead atoms. The summed E-state index contributed by atoms with van der Waals surface area (Å²) >= 11 is 0. The Labute approximate surface area is 160 Å². The maximum atomic E-state index is 12.3. The van der Waals surface area contributed by atoms with Gasteiger partial charge in [0.25, 0.3) is 0 Å². The van der Waals surface area contributed by atoms with E-state index in [0.717, 1.165) is 16.9 Å². The number of carbonyl (C=O) groups is 1. The summed E-state index contributed by atoms with van der Waals surface area (Å²) in [6, 6.07) is 14.5. The maximum Gasteiger partial charge on any atom is 0.323 e. The van der Waals surface area contributed by atoms with Crippen molar-refractivity contribution < 1.29 is 4.79 Å². The van der Waals surface area contributed by atoms with Crippen LogP contribution in [0.1, 0.15) is 17.1 Å². The molecule has 0 saturated heterocycles. The molecule has 10 nitrogen and oxygen atoms in total. The highest BCUT2D eigenvalue weighted by Gasteiger charge is 2.07. The second-order valence-electron chi connectivity index (χ2n) is 6.12. The molecular formula is C18H17N9O. The summed E-state index contributed by atoms with van der Waals surface area (Å²) in [6.45, 7) is 1.92. The van der Waals surface area contributed by atoms with Gasteiger partial charge in [-0.2, -0.15) is 5.21 Å². The fourth-order valence-corrected chi connectivity index (χ4v) is 2.72. The highest BCUT2D eigenvalue weighted by molar-refractivity contribution is 5.99. The predicted molar refractivity (Wildman–Crippen MR) is 102 cm³/mol. The lowest BCUT2D eigenvalue weighted by molar-refractivity contribution is 0.262. The van der Waals surface area contributed by atoms with Gasteiger partial charge in [0.15, 0.2) is 5.82 Å². The van der Waals surface area contributed by atoms with Crippen molar-refractivity contribution in [2.45, 2.75) is 13.3 Å². The number of hydrogen-bond donors (Lipinski definition) is 3. The highest BCUT2D eigenvalue weighted by atomic mass is 16.2. The third kappa shape index (κ3) is 4.01. The molecule has 4 rings (SSSR count). The van der Waals surface area contributed by atoms with E-state index in [9.17, 15) is 4.79 Å². The topological polar surface area (TPSA) is 126 Å². The van der Waals surface area contributed by atoms with Crippen molar-refractivity contribution >= 4 is 17.4 Å². The number of aromatic amines is 1. The van der Waals surface area contributed by atoms with E-state index in [4.69, 9.17) is 0 Å². The molecule has 2 aromatic heterocycles. The van der Waals surface area contributed by atoms with Crippen molar-refractivity contribution in [3.05, 3.63) is 71.8 Å². The lowest BCUT2D eigenvalue weighted by Gasteiger charge is -2.09. The average molecular weight is 375 g/mol. The molecule has 0 fully saturated rings. The molecule has 10 heteroatoms. The summed E-state index contributed by atoms with van der Waals surface area (Å²) in [4.78, 5) is 12.3. The zero-order chi connectivity index (χ0) is 19.3. The quantitative estimate of drug-likeness (QED) is 0.491. The van der Waals surface area contributed by atoms with E-state index in [2.05, 4.69) is 41.6 Å². The van der Waals surface area contributed by atoms with E-state index >= 15 is 0 Å². The second kappa shape index (κ2) is 7.66. The van der Waals surface area contributed by atoms with Crippen LogP contribution in [0.5, 0.6) is 0 Å². The minimum atomic E-state index is -0.332. The first kappa shape index (κ1) is 17.3. The molecule has 2 heterocycles. The Kier molecular flexibility index (Phi) is 4.74. The molecular weight excluding hydrogens is 358 g/mol. The molecule has 0 radical (unpaired) electrons. The Balaban J connectivity index is 1.38. The highest BCUT2D eigenvalue weighted by Crippen LogP contribution is 2.16. The average Bonchev–Trinajstić information content (AvgIpc) is 3.34. The first-order valence-corrected chi connectivity index (χ1v) is 8.54. The number of aryl methyl sites for hydroxylation is 1. The van der Waals surface area contributed by atoms with E-state index in [-0.39, 0.29) is 6.03 Å². The number of aromatic nitrogens is 7. The molecule has 4 aromatic rings. The number of urea groups is 1. The van der Waals surface area contributed by atoms with Crippen LogP contribution in [-0.4, -0.2) is 41.6 Å². The second-order valence-corrected chi connectivity index (χ2v) is 6.12. The van der Waals surface area contributed by atoms with Crippen LogP contribution < -0.4 is 10.6 Å². The summed E-state index contributed by atoms with van der Waals surface area (Å²) in [5.74, 6) is 0.587. The number of carbonyl (C=O) groups excluding carboxylic acids is 1. The number of H-pyrrole nitrogens is 1. The van der Waals surface area contributed by atoms with Crippen LogP contribution in [0.15, 0.2) is 54.7 Å². The minimum absolute atomic E-state index is 0.332. The Morgan fingerprint density at radius 1 is 1.11 bits per heavy atom. The monoisotopic (exact) mass is 375 g/mol. The standard InChI is InChI=1S/C18H17N9O/c1-12-11-19-26-27(12)16-7-5-14(6-8-16)20-18(28)21-15-4-2-3-13(9-15)10-17-22-24-25-23-17/h2-9,11H,10H2,1H3,(H2,20,21,28)(H,22,23,24,25). The SMILES string of the molecule is Cc1cnnn1-c1ccc(NC(=O)Nc2cccc(Cc3nn[nH]n3)c2)cc1. The van der Waals surface area contributed by atoms with Gasteiger partial charge in [-0.25, -0.2) is 9.48 Å². The molecule has 0 unspecified atom stereocenters. The van der Waals surface area contributed by atoms with E-state index < -0.39 is 0 Å². The van der Waals surface area contributed by atoms with Crippen LogP contribution in [0.2, 0.25) is 0 Å². The van der Waals surface area contributed by atoms with Crippen molar-refractivity contribution in [1.82, 2.24) is 35.6 Å². The normalized spacial score (nSPS) is 10.6. The number of nitrogens with one attached hydrogen (secondary N) is 3. The summed E-state index contributed by atoms with van der Waals surface area (Å²) in [5, 5.41) is 27.3. The lowest BCUT2D eigenvalue weighted by atomic mass is 10.1. The molecule has 0 spiro atoms. The molecule has 0 aliphatic rings. The van der Waals surface area contributed by atoms with Gasteiger partial charge in [0.2, 0.25) is 0 Å². The molecule has 0 aliphatic carbocycles. The number of anilines is 2. The zero-order valence-corrected chi connectivity index (χ0v) is 15.0. The fourth-order valence-electron chi connectivity index (χ4n) is 2.72. The summed E-state index contributed by atoms with van der Waals surface area (Å²) in [6.07, 6.45) is 2.21. The number of nitrogens with zero attached hydrogens (tertiary/aromatic N) is 6. The summed E-state index contributed by atoms with van der Waals surface area (Å²) < 4.78 is 1.72. The van der Waals surface area contributed by atoms with Crippen molar-refractivity contribution in [3.8, 4) is 5.69 Å². The lowest BCUT2D eigenvalue weighted by Crippen LogP contribution is -2.19. The van der Waals surface area contributed by atoms with E-state index in [1.807, 2.05) is 55.5 Å². The molecule has 3 N–H and O–H groups in total. The van der Waals surface area contributed by atoms with Gasteiger partial charge in [0, 0.05) is 17.8 Å². The summed E-state index contributed by atoms with van der Waals surface area (Å²) in [7, 11) is 0. The number of hydrogen-bond acceptors (Lipinski definition) is 6. The Morgan fingerprint density at radius 3 is 2.64 bits per heavy atom. The van der Waals surface area contributed by atoms with Crippen molar-refractivity contribution in [1.29, 1.82) is 0 Å². The molecule has 28 heavy (non-hydrogen) atoms. The third-order valence-corrected chi connectivity index (χ3v) is 4.03. The van der Waals surface area contributed by atoms with Gasteiger partial charge in [0.05, 0.1) is 17.6 Å².